The van der Waals surface area contributed by atoms with Crippen molar-refractivity contribution in [2.45, 2.75) is 58.0 Å². The molecule has 2 saturated carbocycles. The van der Waals surface area contributed by atoms with E-state index in [4.69, 9.17) is 0 Å². The number of nitrogens with zero attached hydrogens (tertiary/aromatic N) is 1. The van der Waals surface area contributed by atoms with Gasteiger partial charge in [-0.2, -0.15) is 0 Å². The van der Waals surface area contributed by atoms with E-state index in [1.165, 1.54) is 36.8 Å². The standard InChI is InChI=1S/C21H29NO2/c1-15-5-3-4-6-17(15)9-16-7-8-21(10-16)13-22(14-21)19(23)18-11-20(2,24)12-18/h3-6,16,18,24H,7-14H2,1-2H3. The molecule has 3 fully saturated rings. The first-order valence-electron chi connectivity index (χ1n) is 9.42. The molecule has 1 heterocycles. The molecule has 1 atom stereocenters. The zero-order valence-corrected chi connectivity index (χ0v) is 14.9. The van der Waals surface area contributed by atoms with Gasteiger partial charge in [0.2, 0.25) is 5.91 Å². The molecule has 2 aliphatic carbocycles. The first-order valence-corrected chi connectivity index (χ1v) is 9.42. The number of benzene rings is 1. The minimum absolute atomic E-state index is 0.0709. The van der Waals surface area contributed by atoms with Gasteiger partial charge in [0.05, 0.1) is 5.60 Å². The lowest BCUT2D eigenvalue weighted by Crippen LogP contribution is -2.61. The van der Waals surface area contributed by atoms with Gasteiger partial charge in [-0.15, -0.1) is 0 Å². The molecule has 24 heavy (non-hydrogen) atoms. The average molecular weight is 327 g/mol. The van der Waals surface area contributed by atoms with Crippen LogP contribution >= 0.6 is 0 Å². The monoisotopic (exact) mass is 327 g/mol. The van der Waals surface area contributed by atoms with Crippen molar-refractivity contribution in [3.63, 3.8) is 0 Å². The average Bonchev–Trinajstić information content (AvgIpc) is 2.89. The van der Waals surface area contributed by atoms with Crippen LogP contribution in [0.3, 0.4) is 0 Å². The number of aryl methyl sites for hydroxylation is 1. The van der Waals surface area contributed by atoms with Crippen LogP contribution in [0.15, 0.2) is 24.3 Å². The molecule has 3 heteroatoms. The van der Waals surface area contributed by atoms with Gasteiger partial charge in [-0.1, -0.05) is 24.3 Å². The Hall–Kier alpha value is -1.35. The zero-order chi connectivity index (χ0) is 16.9. The Kier molecular flexibility index (Phi) is 3.76. The molecule has 1 saturated heterocycles. The van der Waals surface area contributed by atoms with E-state index >= 15 is 0 Å². The molecule has 130 valence electrons. The van der Waals surface area contributed by atoms with E-state index in [9.17, 15) is 9.90 Å². The molecule has 3 nitrogen and oxygen atoms in total. The van der Waals surface area contributed by atoms with Crippen LogP contribution in [0.25, 0.3) is 0 Å². The maximum absolute atomic E-state index is 12.5. The Bertz CT molecular complexity index is 637. The molecule has 1 aliphatic heterocycles. The zero-order valence-electron chi connectivity index (χ0n) is 14.9. The Morgan fingerprint density at radius 1 is 1.25 bits per heavy atom. The largest absolute Gasteiger partial charge is 0.390 e. The molecular weight excluding hydrogens is 298 g/mol. The van der Waals surface area contributed by atoms with Crippen molar-refractivity contribution < 1.29 is 9.90 Å². The van der Waals surface area contributed by atoms with Crippen LogP contribution in [-0.2, 0) is 11.2 Å². The second-order valence-corrected chi connectivity index (χ2v) is 9.04. The summed E-state index contributed by atoms with van der Waals surface area (Å²) < 4.78 is 0. The molecule has 0 radical (unpaired) electrons. The number of hydrogen-bond acceptors (Lipinski definition) is 2. The van der Waals surface area contributed by atoms with Gasteiger partial charge in [-0.05, 0) is 69.4 Å². The third kappa shape index (κ3) is 2.88. The van der Waals surface area contributed by atoms with Crippen LogP contribution < -0.4 is 0 Å². The molecule has 1 spiro atoms. The fourth-order valence-electron chi connectivity index (χ4n) is 5.29. The minimum atomic E-state index is -0.602. The number of rotatable bonds is 3. The summed E-state index contributed by atoms with van der Waals surface area (Å²) >= 11 is 0. The van der Waals surface area contributed by atoms with E-state index in [2.05, 4.69) is 36.1 Å². The van der Waals surface area contributed by atoms with Gasteiger partial charge >= 0.3 is 0 Å². The number of carbonyl (C=O) groups excluding carboxylic acids is 1. The summed E-state index contributed by atoms with van der Waals surface area (Å²) in [6, 6.07) is 8.73. The van der Waals surface area contributed by atoms with Gasteiger partial charge in [0, 0.05) is 24.4 Å². The second kappa shape index (κ2) is 5.59. The Morgan fingerprint density at radius 2 is 1.96 bits per heavy atom. The number of aliphatic hydroxyl groups is 1. The summed E-state index contributed by atoms with van der Waals surface area (Å²) in [7, 11) is 0. The van der Waals surface area contributed by atoms with Crippen molar-refractivity contribution in [3.8, 4) is 0 Å². The summed E-state index contributed by atoms with van der Waals surface area (Å²) in [5.41, 5.74) is 2.69. The number of hydrogen-bond donors (Lipinski definition) is 1. The van der Waals surface area contributed by atoms with Crippen LogP contribution in [0.1, 0.15) is 50.2 Å². The van der Waals surface area contributed by atoms with E-state index in [0.29, 0.717) is 18.3 Å². The first kappa shape index (κ1) is 16.1. The highest BCUT2D eigenvalue weighted by atomic mass is 16.3. The molecule has 3 aliphatic rings. The summed E-state index contributed by atoms with van der Waals surface area (Å²) in [4.78, 5) is 14.5. The molecule has 1 N–H and O–H groups in total. The van der Waals surface area contributed by atoms with Crippen molar-refractivity contribution in [2.75, 3.05) is 13.1 Å². The van der Waals surface area contributed by atoms with Gasteiger partial charge in [0.15, 0.2) is 0 Å². The lowest BCUT2D eigenvalue weighted by Gasteiger charge is -2.52. The van der Waals surface area contributed by atoms with Gasteiger partial charge in [-0.3, -0.25) is 4.79 Å². The second-order valence-electron chi connectivity index (χ2n) is 9.04. The highest BCUT2D eigenvalue weighted by molar-refractivity contribution is 5.81. The fraction of sp³-hybridized carbons (Fsp3) is 0.667. The maximum atomic E-state index is 12.5. The molecule has 1 aromatic carbocycles. The van der Waals surface area contributed by atoms with E-state index in [1.807, 2.05) is 6.92 Å². The van der Waals surface area contributed by atoms with Crippen LogP contribution in [0, 0.1) is 24.2 Å². The first-order chi connectivity index (χ1) is 11.4. The van der Waals surface area contributed by atoms with E-state index in [-0.39, 0.29) is 11.8 Å². The van der Waals surface area contributed by atoms with Crippen LogP contribution in [-0.4, -0.2) is 34.6 Å². The SMILES string of the molecule is Cc1ccccc1CC1CCC2(C1)CN(C(=O)C1CC(C)(O)C1)C2. The molecule has 4 rings (SSSR count). The van der Waals surface area contributed by atoms with Crippen molar-refractivity contribution in [1.29, 1.82) is 0 Å². The number of carbonyl (C=O) groups is 1. The Balaban J connectivity index is 1.29. The van der Waals surface area contributed by atoms with Crippen LogP contribution in [0.2, 0.25) is 0 Å². The number of amides is 1. The summed E-state index contributed by atoms with van der Waals surface area (Å²) in [6.45, 7) is 5.95. The van der Waals surface area contributed by atoms with Crippen molar-refractivity contribution in [3.05, 3.63) is 35.4 Å². The summed E-state index contributed by atoms with van der Waals surface area (Å²) in [5, 5.41) is 9.84. The smallest absolute Gasteiger partial charge is 0.225 e. The molecular formula is C21H29NO2. The molecule has 1 aromatic rings. The van der Waals surface area contributed by atoms with Crippen molar-refractivity contribution >= 4 is 5.91 Å². The highest BCUT2D eigenvalue weighted by Crippen LogP contribution is 2.50. The number of likely N-dealkylation sites (tertiary alicyclic amines) is 1. The fourth-order valence-corrected chi connectivity index (χ4v) is 5.29. The summed E-state index contributed by atoms with van der Waals surface area (Å²) in [5.74, 6) is 1.13. The Morgan fingerprint density at radius 3 is 2.62 bits per heavy atom. The van der Waals surface area contributed by atoms with Crippen LogP contribution in [0.5, 0.6) is 0 Å². The van der Waals surface area contributed by atoms with E-state index in [1.54, 1.807) is 0 Å². The lowest BCUT2D eigenvalue weighted by molar-refractivity contribution is -0.161. The minimum Gasteiger partial charge on any atom is -0.390 e. The normalized spacial score (nSPS) is 34.0. The van der Waals surface area contributed by atoms with Gasteiger partial charge < -0.3 is 10.0 Å². The van der Waals surface area contributed by atoms with Gasteiger partial charge in [-0.25, -0.2) is 0 Å². The predicted molar refractivity (Wildman–Crippen MR) is 94.6 cm³/mol. The Labute approximate surface area is 145 Å². The highest BCUT2D eigenvalue weighted by Gasteiger charge is 2.52. The topological polar surface area (TPSA) is 40.5 Å². The van der Waals surface area contributed by atoms with Crippen molar-refractivity contribution in [1.82, 2.24) is 4.90 Å². The molecule has 0 bridgehead atoms. The van der Waals surface area contributed by atoms with Gasteiger partial charge in [0.1, 0.15) is 0 Å². The van der Waals surface area contributed by atoms with Crippen molar-refractivity contribution in [2.24, 2.45) is 17.3 Å². The quantitative estimate of drug-likeness (QED) is 0.925. The third-order valence-corrected chi connectivity index (χ3v) is 6.66. The van der Waals surface area contributed by atoms with Crippen LogP contribution in [0.4, 0.5) is 0 Å². The lowest BCUT2D eigenvalue weighted by atomic mass is 9.69. The maximum Gasteiger partial charge on any atom is 0.225 e. The van der Waals surface area contributed by atoms with E-state index < -0.39 is 5.60 Å². The van der Waals surface area contributed by atoms with Gasteiger partial charge in [0.25, 0.3) is 0 Å². The molecule has 1 amide bonds. The predicted octanol–water partition coefficient (Wildman–Crippen LogP) is 3.33. The summed E-state index contributed by atoms with van der Waals surface area (Å²) in [6.07, 6.45) is 6.32. The van der Waals surface area contributed by atoms with E-state index in [0.717, 1.165) is 19.0 Å². The molecule has 1 unspecified atom stereocenters. The molecule has 0 aromatic heterocycles. The third-order valence-electron chi connectivity index (χ3n) is 6.66.